The van der Waals surface area contributed by atoms with Crippen LogP contribution in [0.2, 0.25) is 0 Å². The van der Waals surface area contributed by atoms with E-state index in [0.29, 0.717) is 0 Å². The van der Waals surface area contributed by atoms with Gasteiger partial charge in [0.1, 0.15) is 0 Å². The molecule has 1 heterocycles. The summed E-state index contributed by atoms with van der Waals surface area (Å²) in [5.41, 5.74) is 1.29. The normalized spacial score (nSPS) is 19.8. The van der Waals surface area contributed by atoms with E-state index in [0.717, 1.165) is 38.9 Å². The van der Waals surface area contributed by atoms with Crippen LogP contribution in [0.1, 0.15) is 31.7 Å². The lowest BCUT2D eigenvalue weighted by Crippen LogP contribution is -2.30. The molecule has 0 aliphatic carbocycles. The fourth-order valence-corrected chi connectivity index (χ4v) is 3.24. The van der Waals surface area contributed by atoms with E-state index in [1.807, 2.05) is 0 Å². The molecule has 0 saturated carbocycles. The molecule has 1 aliphatic heterocycles. The maximum absolute atomic E-state index is 11.9. The highest BCUT2D eigenvalue weighted by molar-refractivity contribution is 8.00. The standard InChI is InChI=1S/C15H22N2OS/c1-2-16-11-12-6-8-13(9-7-12)19-14-5-3-4-10-17-15(14)18/h6-9,14,16H,2-5,10-11H2,1H3,(H,17,18). The van der Waals surface area contributed by atoms with Crippen LogP contribution in [0.25, 0.3) is 0 Å². The van der Waals surface area contributed by atoms with Crippen LogP contribution in [-0.4, -0.2) is 24.2 Å². The summed E-state index contributed by atoms with van der Waals surface area (Å²) in [6.45, 7) is 4.83. The Bertz CT molecular complexity index is 405. The molecule has 1 saturated heterocycles. The zero-order valence-corrected chi connectivity index (χ0v) is 12.3. The summed E-state index contributed by atoms with van der Waals surface area (Å²) >= 11 is 1.69. The van der Waals surface area contributed by atoms with Crippen molar-refractivity contribution in [1.82, 2.24) is 10.6 Å². The Morgan fingerprint density at radius 1 is 1.32 bits per heavy atom. The third-order valence-corrected chi connectivity index (χ3v) is 4.54. The predicted octanol–water partition coefficient (Wildman–Crippen LogP) is 2.56. The second-order valence-electron chi connectivity index (χ2n) is 4.82. The van der Waals surface area contributed by atoms with Crippen LogP contribution in [0, 0.1) is 0 Å². The molecule has 0 aromatic heterocycles. The van der Waals surface area contributed by atoms with Gasteiger partial charge in [-0.2, -0.15) is 0 Å². The van der Waals surface area contributed by atoms with Crippen LogP contribution < -0.4 is 10.6 Å². The number of nitrogens with one attached hydrogen (secondary N) is 2. The molecule has 2 rings (SSSR count). The van der Waals surface area contributed by atoms with Crippen molar-refractivity contribution >= 4 is 17.7 Å². The molecule has 4 heteroatoms. The first-order valence-electron chi connectivity index (χ1n) is 7.03. The van der Waals surface area contributed by atoms with Gasteiger partial charge < -0.3 is 10.6 Å². The van der Waals surface area contributed by atoms with Crippen molar-refractivity contribution in [1.29, 1.82) is 0 Å². The van der Waals surface area contributed by atoms with Gasteiger partial charge in [-0.15, -0.1) is 11.8 Å². The molecule has 19 heavy (non-hydrogen) atoms. The van der Waals surface area contributed by atoms with Gasteiger partial charge in [0.25, 0.3) is 0 Å². The number of rotatable bonds is 5. The summed E-state index contributed by atoms with van der Waals surface area (Å²) < 4.78 is 0. The van der Waals surface area contributed by atoms with Gasteiger partial charge in [-0.05, 0) is 37.1 Å². The molecule has 0 spiro atoms. The van der Waals surface area contributed by atoms with Gasteiger partial charge in [0, 0.05) is 18.0 Å². The summed E-state index contributed by atoms with van der Waals surface area (Å²) in [5.74, 6) is 0.194. The molecule has 2 N–H and O–H groups in total. The van der Waals surface area contributed by atoms with Crippen LogP contribution in [-0.2, 0) is 11.3 Å². The van der Waals surface area contributed by atoms with Gasteiger partial charge in [-0.25, -0.2) is 0 Å². The molecule has 1 aromatic carbocycles. The zero-order chi connectivity index (χ0) is 13.5. The SMILES string of the molecule is CCNCc1ccc(SC2CCCCNC2=O)cc1. The van der Waals surface area contributed by atoms with Crippen LogP contribution in [0.15, 0.2) is 29.2 Å². The molecule has 0 radical (unpaired) electrons. The summed E-state index contributed by atoms with van der Waals surface area (Å²) in [4.78, 5) is 13.1. The number of thioether (sulfide) groups is 1. The van der Waals surface area contributed by atoms with E-state index in [9.17, 15) is 4.79 Å². The highest BCUT2D eigenvalue weighted by Gasteiger charge is 2.21. The first-order valence-corrected chi connectivity index (χ1v) is 7.91. The van der Waals surface area contributed by atoms with Crippen molar-refractivity contribution in [2.75, 3.05) is 13.1 Å². The van der Waals surface area contributed by atoms with Crippen molar-refractivity contribution in [2.45, 2.75) is 42.9 Å². The molecular formula is C15H22N2OS. The number of amides is 1. The number of hydrogen-bond donors (Lipinski definition) is 2. The maximum Gasteiger partial charge on any atom is 0.233 e. The summed E-state index contributed by atoms with van der Waals surface area (Å²) in [6, 6.07) is 8.52. The third kappa shape index (κ3) is 4.55. The first kappa shape index (κ1) is 14.4. The monoisotopic (exact) mass is 278 g/mol. The number of benzene rings is 1. The average molecular weight is 278 g/mol. The summed E-state index contributed by atoms with van der Waals surface area (Å²) in [7, 11) is 0. The largest absolute Gasteiger partial charge is 0.355 e. The number of hydrogen-bond acceptors (Lipinski definition) is 3. The van der Waals surface area contributed by atoms with E-state index in [-0.39, 0.29) is 11.2 Å². The lowest BCUT2D eigenvalue weighted by Gasteiger charge is -2.13. The van der Waals surface area contributed by atoms with E-state index < -0.39 is 0 Å². The van der Waals surface area contributed by atoms with Crippen molar-refractivity contribution in [3.8, 4) is 0 Å². The van der Waals surface area contributed by atoms with Gasteiger partial charge >= 0.3 is 0 Å². The van der Waals surface area contributed by atoms with Crippen molar-refractivity contribution in [3.63, 3.8) is 0 Å². The second-order valence-corrected chi connectivity index (χ2v) is 6.09. The van der Waals surface area contributed by atoms with E-state index in [2.05, 4.69) is 41.8 Å². The van der Waals surface area contributed by atoms with Crippen LogP contribution in [0.3, 0.4) is 0 Å². The summed E-state index contributed by atoms with van der Waals surface area (Å²) in [5, 5.41) is 6.37. The number of carbonyl (C=O) groups is 1. The molecule has 1 atom stereocenters. The highest BCUT2D eigenvalue weighted by Crippen LogP contribution is 2.28. The molecular weight excluding hydrogens is 256 g/mol. The Morgan fingerprint density at radius 3 is 2.84 bits per heavy atom. The Balaban J connectivity index is 1.92. The van der Waals surface area contributed by atoms with E-state index in [4.69, 9.17) is 0 Å². The Kier molecular flexibility index (Phi) is 5.73. The van der Waals surface area contributed by atoms with Gasteiger partial charge in [-0.3, -0.25) is 4.79 Å². The molecule has 3 nitrogen and oxygen atoms in total. The minimum absolute atomic E-state index is 0.0714. The lowest BCUT2D eigenvalue weighted by atomic mass is 10.2. The smallest absolute Gasteiger partial charge is 0.233 e. The molecule has 104 valence electrons. The van der Waals surface area contributed by atoms with Gasteiger partial charge in [-0.1, -0.05) is 25.5 Å². The predicted molar refractivity (Wildman–Crippen MR) is 80.3 cm³/mol. The fourth-order valence-electron chi connectivity index (χ4n) is 2.14. The number of carbonyl (C=O) groups excluding carboxylic acids is 1. The van der Waals surface area contributed by atoms with E-state index in [1.54, 1.807) is 11.8 Å². The Labute approximate surface area is 119 Å². The van der Waals surface area contributed by atoms with Crippen molar-refractivity contribution in [2.24, 2.45) is 0 Å². The second kappa shape index (κ2) is 7.56. The van der Waals surface area contributed by atoms with Gasteiger partial charge in [0.2, 0.25) is 5.91 Å². The average Bonchev–Trinajstić information content (AvgIpc) is 2.63. The topological polar surface area (TPSA) is 41.1 Å². The molecule has 1 aromatic rings. The minimum Gasteiger partial charge on any atom is -0.355 e. The first-order chi connectivity index (χ1) is 9.29. The van der Waals surface area contributed by atoms with E-state index >= 15 is 0 Å². The Hall–Kier alpha value is -1.00. The quantitative estimate of drug-likeness (QED) is 0.870. The minimum atomic E-state index is 0.0714. The van der Waals surface area contributed by atoms with Gasteiger partial charge in [0.05, 0.1) is 5.25 Å². The lowest BCUT2D eigenvalue weighted by molar-refractivity contribution is -0.120. The molecule has 1 fully saturated rings. The molecule has 1 unspecified atom stereocenters. The van der Waals surface area contributed by atoms with Crippen LogP contribution in [0.4, 0.5) is 0 Å². The van der Waals surface area contributed by atoms with Crippen LogP contribution >= 0.6 is 11.8 Å². The summed E-state index contributed by atoms with van der Waals surface area (Å²) in [6.07, 6.45) is 3.22. The molecule has 0 bridgehead atoms. The van der Waals surface area contributed by atoms with Crippen LogP contribution in [0.5, 0.6) is 0 Å². The van der Waals surface area contributed by atoms with Gasteiger partial charge in [0.15, 0.2) is 0 Å². The third-order valence-electron chi connectivity index (χ3n) is 3.27. The molecule has 1 amide bonds. The van der Waals surface area contributed by atoms with Crippen molar-refractivity contribution < 1.29 is 4.79 Å². The highest BCUT2D eigenvalue weighted by atomic mass is 32.2. The van der Waals surface area contributed by atoms with Crippen molar-refractivity contribution in [3.05, 3.63) is 29.8 Å². The fraction of sp³-hybridized carbons (Fsp3) is 0.533. The zero-order valence-electron chi connectivity index (χ0n) is 11.4. The Morgan fingerprint density at radius 2 is 2.11 bits per heavy atom. The molecule has 1 aliphatic rings. The maximum atomic E-state index is 11.9. The van der Waals surface area contributed by atoms with E-state index in [1.165, 1.54) is 10.5 Å².